The second-order valence-corrected chi connectivity index (χ2v) is 15.7. The third kappa shape index (κ3) is 4.84. The molecule has 0 radical (unpaired) electrons. The quantitative estimate of drug-likeness (QED) is 0.535. The van der Waals surface area contributed by atoms with E-state index in [1.807, 2.05) is 44.2 Å². The fraction of sp³-hybridized carbons (Fsp3) is 0.680. The first-order valence-corrected chi connectivity index (χ1v) is 14.3. The molecule has 1 N–H and O–H groups in total. The molecule has 0 bridgehead atoms. The number of amides is 2. The Morgan fingerprint density at radius 1 is 1.00 bits per heavy atom. The van der Waals surface area contributed by atoms with Crippen LogP contribution in [0, 0.1) is 0 Å². The maximum Gasteiger partial charge on any atom is 0.411 e. The molecular formula is C25H40N2O5Si. The molecule has 2 fully saturated rings. The Kier molecular flexibility index (Phi) is 7.91. The molecule has 0 aromatic heterocycles. The van der Waals surface area contributed by atoms with Crippen molar-refractivity contribution in [3.63, 3.8) is 0 Å². The summed E-state index contributed by atoms with van der Waals surface area (Å²) in [6, 6.07) is 8.55. The molecule has 2 aliphatic heterocycles. The molecule has 0 spiro atoms. The Hall–Kier alpha value is -1.90. The smallest absolute Gasteiger partial charge is 0.411 e. The van der Waals surface area contributed by atoms with Crippen LogP contribution in [-0.4, -0.2) is 56.3 Å². The van der Waals surface area contributed by atoms with Crippen LogP contribution < -0.4 is 5.32 Å². The van der Waals surface area contributed by atoms with E-state index in [4.69, 9.17) is 13.9 Å². The average Bonchev–Trinajstić information content (AvgIpc) is 3.12. The highest BCUT2D eigenvalue weighted by atomic mass is 28.4. The van der Waals surface area contributed by atoms with Crippen LogP contribution in [0.15, 0.2) is 30.3 Å². The van der Waals surface area contributed by atoms with E-state index in [2.05, 4.69) is 46.9 Å². The van der Waals surface area contributed by atoms with Crippen molar-refractivity contribution in [1.82, 2.24) is 10.2 Å². The van der Waals surface area contributed by atoms with Crippen LogP contribution in [0.4, 0.5) is 4.79 Å². The standard InChI is InChI=1S/C25H40N2O5Si/c1-15(2)33(16(3)4,17(5)6)32-19(8)24-26-23(28)22(18(7)31-24)27-21(14-30-25(27)29)20-12-10-9-11-13-20/h9-13,15-19,21-22,24H,14H2,1-8H3,(H,26,28)/t18-,19+,21-,22-,24-/m0/s1. The zero-order chi connectivity index (χ0) is 24.5. The van der Waals surface area contributed by atoms with Crippen LogP contribution in [0.5, 0.6) is 0 Å². The molecule has 1 aromatic carbocycles. The van der Waals surface area contributed by atoms with Crippen molar-refractivity contribution >= 4 is 20.3 Å². The topological polar surface area (TPSA) is 77.1 Å². The van der Waals surface area contributed by atoms with Gasteiger partial charge >= 0.3 is 6.09 Å². The van der Waals surface area contributed by atoms with E-state index in [1.54, 1.807) is 0 Å². The minimum atomic E-state index is -2.14. The normalized spacial score (nSPS) is 27.3. The molecule has 0 saturated carbocycles. The van der Waals surface area contributed by atoms with Gasteiger partial charge in [-0.2, -0.15) is 0 Å². The van der Waals surface area contributed by atoms with Gasteiger partial charge in [0.25, 0.3) is 0 Å². The van der Waals surface area contributed by atoms with Crippen molar-refractivity contribution in [2.45, 2.75) is 103 Å². The van der Waals surface area contributed by atoms with Crippen LogP contribution in [0.3, 0.4) is 0 Å². The molecule has 8 heteroatoms. The Morgan fingerprint density at radius 3 is 2.09 bits per heavy atom. The summed E-state index contributed by atoms with van der Waals surface area (Å²) in [6.45, 7) is 17.5. The van der Waals surface area contributed by atoms with Gasteiger partial charge in [0, 0.05) is 0 Å². The third-order valence-corrected chi connectivity index (χ3v) is 13.5. The molecule has 2 saturated heterocycles. The highest BCUT2D eigenvalue weighted by molar-refractivity contribution is 6.77. The van der Waals surface area contributed by atoms with E-state index >= 15 is 0 Å². The predicted molar refractivity (Wildman–Crippen MR) is 130 cm³/mol. The molecule has 3 rings (SSSR count). The number of carbonyl (C=O) groups is 2. The van der Waals surface area contributed by atoms with Crippen LogP contribution in [0.1, 0.15) is 67.0 Å². The number of hydrogen-bond donors (Lipinski definition) is 1. The maximum atomic E-state index is 13.3. The fourth-order valence-electron chi connectivity index (χ4n) is 5.82. The van der Waals surface area contributed by atoms with Crippen LogP contribution >= 0.6 is 0 Å². The number of nitrogens with one attached hydrogen (secondary N) is 1. The van der Waals surface area contributed by atoms with Crippen molar-refractivity contribution in [2.24, 2.45) is 0 Å². The third-order valence-electron chi connectivity index (χ3n) is 7.28. The van der Waals surface area contributed by atoms with Gasteiger partial charge in [-0.05, 0) is 36.0 Å². The van der Waals surface area contributed by atoms with Crippen molar-refractivity contribution in [3.8, 4) is 0 Å². The van der Waals surface area contributed by atoms with Crippen LogP contribution in [0.25, 0.3) is 0 Å². The molecule has 184 valence electrons. The number of carbonyl (C=O) groups excluding carboxylic acids is 2. The van der Waals surface area contributed by atoms with Gasteiger partial charge in [0.2, 0.25) is 14.2 Å². The van der Waals surface area contributed by atoms with E-state index in [1.165, 1.54) is 4.90 Å². The van der Waals surface area contributed by atoms with Crippen molar-refractivity contribution in [3.05, 3.63) is 35.9 Å². The number of benzene rings is 1. The Bertz CT molecular complexity index is 810. The van der Waals surface area contributed by atoms with Gasteiger partial charge in [0.05, 0.1) is 18.2 Å². The SMILES string of the molecule is CC(C)[Si](O[C@H](C)[C@H]1NC(=O)[C@@H](N2C(=O)OC[C@H]2c2ccccc2)[C@H](C)O1)(C(C)C)C(C)C. The lowest BCUT2D eigenvalue weighted by Gasteiger charge is -2.47. The van der Waals surface area contributed by atoms with Gasteiger partial charge in [0.15, 0.2) is 6.23 Å². The molecular weight excluding hydrogens is 436 g/mol. The number of ether oxygens (including phenoxy) is 2. The Morgan fingerprint density at radius 2 is 1.58 bits per heavy atom. The molecule has 1 aromatic rings. The molecule has 0 aliphatic carbocycles. The van der Waals surface area contributed by atoms with Gasteiger partial charge in [0.1, 0.15) is 12.6 Å². The summed E-state index contributed by atoms with van der Waals surface area (Å²) in [5.41, 5.74) is 2.21. The predicted octanol–water partition coefficient (Wildman–Crippen LogP) is 4.99. The monoisotopic (exact) mass is 476 g/mol. The molecule has 5 atom stereocenters. The number of hydrogen-bond acceptors (Lipinski definition) is 5. The van der Waals surface area contributed by atoms with Gasteiger partial charge in [-0.15, -0.1) is 0 Å². The highest BCUT2D eigenvalue weighted by Crippen LogP contribution is 2.43. The second-order valence-electron chi connectivity index (χ2n) is 10.3. The lowest BCUT2D eigenvalue weighted by atomic mass is 10.0. The lowest BCUT2D eigenvalue weighted by molar-refractivity contribution is -0.164. The van der Waals surface area contributed by atoms with Crippen LogP contribution in [0.2, 0.25) is 16.6 Å². The van der Waals surface area contributed by atoms with Gasteiger partial charge in [-0.3, -0.25) is 9.69 Å². The first-order chi connectivity index (χ1) is 15.5. The average molecular weight is 477 g/mol. The summed E-state index contributed by atoms with van der Waals surface area (Å²) in [4.78, 5) is 27.5. The first-order valence-electron chi connectivity index (χ1n) is 12.1. The molecule has 2 amide bonds. The van der Waals surface area contributed by atoms with Gasteiger partial charge < -0.3 is 19.2 Å². The Balaban J connectivity index is 1.78. The van der Waals surface area contributed by atoms with Crippen molar-refractivity contribution in [1.29, 1.82) is 0 Å². The summed E-state index contributed by atoms with van der Waals surface area (Å²) in [6.07, 6.45) is -1.86. The number of rotatable bonds is 8. The minimum Gasteiger partial charge on any atom is -0.447 e. The van der Waals surface area contributed by atoms with E-state index < -0.39 is 32.8 Å². The molecule has 7 nitrogen and oxygen atoms in total. The maximum absolute atomic E-state index is 13.3. The molecule has 2 aliphatic rings. The number of cyclic esters (lactones) is 1. The molecule has 33 heavy (non-hydrogen) atoms. The van der Waals surface area contributed by atoms with E-state index in [0.717, 1.165) is 5.56 Å². The summed E-state index contributed by atoms with van der Waals surface area (Å²) in [7, 11) is -2.14. The summed E-state index contributed by atoms with van der Waals surface area (Å²) in [5, 5.41) is 2.99. The van der Waals surface area contributed by atoms with E-state index in [-0.39, 0.29) is 24.7 Å². The van der Waals surface area contributed by atoms with Crippen molar-refractivity contribution < 1.29 is 23.5 Å². The fourth-order valence-corrected chi connectivity index (χ4v) is 11.4. The molecule has 2 heterocycles. The van der Waals surface area contributed by atoms with E-state index in [9.17, 15) is 9.59 Å². The lowest BCUT2D eigenvalue weighted by Crippen LogP contribution is -2.65. The zero-order valence-corrected chi connectivity index (χ0v) is 22.2. The largest absolute Gasteiger partial charge is 0.447 e. The minimum absolute atomic E-state index is 0.216. The second kappa shape index (κ2) is 10.2. The number of nitrogens with zero attached hydrogens (tertiary/aromatic N) is 1. The zero-order valence-electron chi connectivity index (χ0n) is 21.2. The molecule has 0 unspecified atom stereocenters. The van der Waals surface area contributed by atoms with Crippen LogP contribution in [-0.2, 0) is 18.7 Å². The summed E-state index contributed by atoms with van der Waals surface area (Å²) >= 11 is 0. The van der Waals surface area contributed by atoms with Crippen molar-refractivity contribution in [2.75, 3.05) is 6.61 Å². The Labute approximate surface area is 199 Å². The summed E-state index contributed by atoms with van der Waals surface area (Å²) in [5.74, 6) is -0.236. The first kappa shape index (κ1) is 25.7. The summed E-state index contributed by atoms with van der Waals surface area (Å²) < 4.78 is 18.4. The highest BCUT2D eigenvalue weighted by Gasteiger charge is 2.51. The van der Waals surface area contributed by atoms with Gasteiger partial charge in [-0.1, -0.05) is 71.9 Å². The van der Waals surface area contributed by atoms with E-state index in [0.29, 0.717) is 16.6 Å². The van der Waals surface area contributed by atoms with Gasteiger partial charge in [-0.25, -0.2) is 4.79 Å².